The zero-order chi connectivity index (χ0) is 24.2. The molecule has 9 nitrogen and oxygen atoms in total. The Balaban J connectivity index is 1.47. The molecule has 0 saturated carbocycles. The molecule has 35 heavy (non-hydrogen) atoms. The van der Waals surface area contributed by atoms with Gasteiger partial charge in [-0.15, -0.1) is 0 Å². The lowest BCUT2D eigenvalue weighted by molar-refractivity contribution is -0.117. The van der Waals surface area contributed by atoms with E-state index in [0.717, 1.165) is 18.7 Å². The summed E-state index contributed by atoms with van der Waals surface area (Å²) in [7, 11) is 0. The molecule has 1 unspecified atom stereocenters. The van der Waals surface area contributed by atoms with Crippen LogP contribution in [-0.4, -0.2) is 59.9 Å². The minimum atomic E-state index is -1.22. The standard InChI is InChI=1S/C26H25N5O4/c32-24-20(9-5-11-27-24)22-19-8-3-4-10-21(19)28-26(34)23(29-22)30-25(33)18-7-2-1-6-17(18)16-31-12-14-35-15-13-31/h1-11,23H,12-16H2,(H,27,32)(H,28,34)(H,30,33). The van der Waals surface area contributed by atoms with Gasteiger partial charge in [0.25, 0.3) is 17.4 Å². The van der Waals surface area contributed by atoms with Gasteiger partial charge < -0.3 is 20.4 Å². The van der Waals surface area contributed by atoms with Crippen LogP contribution in [-0.2, 0) is 16.1 Å². The van der Waals surface area contributed by atoms with Crippen LogP contribution in [0, 0.1) is 0 Å². The number of aromatic nitrogens is 1. The number of benzene rings is 2. The Bertz CT molecular complexity index is 1340. The number of morpholine rings is 1. The number of carbonyl (C=O) groups is 2. The van der Waals surface area contributed by atoms with Gasteiger partial charge >= 0.3 is 0 Å². The number of H-pyrrole nitrogens is 1. The maximum Gasteiger partial charge on any atom is 0.269 e. The molecule has 1 fully saturated rings. The highest BCUT2D eigenvalue weighted by molar-refractivity contribution is 6.19. The van der Waals surface area contributed by atoms with Gasteiger partial charge in [-0.25, -0.2) is 4.99 Å². The van der Waals surface area contributed by atoms with Crippen LogP contribution < -0.4 is 16.2 Å². The third-order valence-electron chi connectivity index (χ3n) is 6.05. The molecule has 3 N–H and O–H groups in total. The van der Waals surface area contributed by atoms with Crippen molar-refractivity contribution in [3.63, 3.8) is 0 Å². The van der Waals surface area contributed by atoms with Crippen LogP contribution in [0.15, 0.2) is 76.6 Å². The van der Waals surface area contributed by atoms with E-state index in [0.29, 0.717) is 47.8 Å². The number of nitrogens with one attached hydrogen (secondary N) is 3. The largest absolute Gasteiger partial charge is 0.379 e. The number of pyridine rings is 1. The van der Waals surface area contributed by atoms with Crippen LogP contribution in [0.3, 0.4) is 0 Å². The van der Waals surface area contributed by atoms with Crippen molar-refractivity contribution in [2.75, 3.05) is 31.6 Å². The molecule has 0 radical (unpaired) electrons. The predicted octanol–water partition coefficient (Wildman–Crippen LogP) is 1.75. The number of anilines is 1. The highest BCUT2D eigenvalue weighted by Gasteiger charge is 2.29. The molecular weight excluding hydrogens is 446 g/mol. The van der Waals surface area contributed by atoms with Gasteiger partial charge in [0.15, 0.2) is 0 Å². The minimum absolute atomic E-state index is 0.309. The quantitative estimate of drug-likeness (QED) is 0.524. The van der Waals surface area contributed by atoms with E-state index in [-0.39, 0.29) is 5.56 Å². The second-order valence-corrected chi connectivity index (χ2v) is 8.35. The summed E-state index contributed by atoms with van der Waals surface area (Å²) in [6.45, 7) is 3.50. The number of carbonyl (C=O) groups excluding carboxylic acids is 2. The minimum Gasteiger partial charge on any atom is -0.379 e. The zero-order valence-electron chi connectivity index (χ0n) is 19.0. The zero-order valence-corrected chi connectivity index (χ0v) is 19.0. The second-order valence-electron chi connectivity index (χ2n) is 8.35. The molecule has 5 rings (SSSR count). The van der Waals surface area contributed by atoms with Crippen molar-refractivity contribution in [2.45, 2.75) is 12.7 Å². The average molecular weight is 472 g/mol. The van der Waals surface area contributed by atoms with Crippen LogP contribution in [0.5, 0.6) is 0 Å². The fourth-order valence-corrected chi connectivity index (χ4v) is 4.26. The SMILES string of the molecule is O=C(NC1N=C(c2ccc[nH]c2=O)c2ccccc2NC1=O)c1ccccc1CN1CCOCC1. The first kappa shape index (κ1) is 22.7. The second kappa shape index (κ2) is 10.0. The van der Waals surface area contributed by atoms with Crippen LogP contribution in [0.25, 0.3) is 0 Å². The Morgan fingerprint density at radius 3 is 2.57 bits per heavy atom. The van der Waals surface area contributed by atoms with Crippen molar-refractivity contribution in [2.24, 2.45) is 4.99 Å². The Morgan fingerprint density at radius 1 is 1.00 bits per heavy atom. The molecule has 2 aliphatic rings. The maximum absolute atomic E-state index is 13.3. The highest BCUT2D eigenvalue weighted by Crippen LogP contribution is 2.23. The lowest BCUT2D eigenvalue weighted by Crippen LogP contribution is -2.43. The van der Waals surface area contributed by atoms with Gasteiger partial charge in [0.05, 0.1) is 30.2 Å². The van der Waals surface area contributed by atoms with E-state index in [1.807, 2.05) is 12.1 Å². The fourth-order valence-electron chi connectivity index (χ4n) is 4.26. The maximum atomic E-state index is 13.3. The first-order chi connectivity index (χ1) is 17.1. The van der Waals surface area contributed by atoms with Crippen molar-refractivity contribution >= 4 is 23.2 Å². The first-order valence-corrected chi connectivity index (χ1v) is 11.4. The number of hydrogen-bond acceptors (Lipinski definition) is 6. The molecule has 0 spiro atoms. The summed E-state index contributed by atoms with van der Waals surface area (Å²) < 4.78 is 5.42. The summed E-state index contributed by atoms with van der Waals surface area (Å²) in [5, 5.41) is 5.59. The summed E-state index contributed by atoms with van der Waals surface area (Å²) in [5.74, 6) is -0.899. The Morgan fingerprint density at radius 2 is 1.74 bits per heavy atom. The van der Waals surface area contributed by atoms with Gasteiger partial charge in [0.2, 0.25) is 6.17 Å². The van der Waals surface area contributed by atoms with Crippen molar-refractivity contribution in [3.8, 4) is 0 Å². The number of fused-ring (bicyclic) bond motifs is 1. The van der Waals surface area contributed by atoms with E-state index < -0.39 is 18.0 Å². The van der Waals surface area contributed by atoms with Gasteiger partial charge in [0, 0.05) is 37.0 Å². The van der Waals surface area contributed by atoms with Gasteiger partial charge in [-0.05, 0) is 29.8 Å². The van der Waals surface area contributed by atoms with Crippen LogP contribution in [0.2, 0.25) is 0 Å². The third-order valence-corrected chi connectivity index (χ3v) is 6.05. The smallest absolute Gasteiger partial charge is 0.269 e. The number of hydrogen-bond donors (Lipinski definition) is 3. The molecular formula is C26H25N5O4. The molecule has 1 saturated heterocycles. The van der Waals surface area contributed by atoms with Gasteiger partial charge in [-0.1, -0.05) is 36.4 Å². The molecule has 9 heteroatoms. The number of benzodiazepines with no additional fused rings is 1. The van der Waals surface area contributed by atoms with E-state index in [1.54, 1.807) is 48.5 Å². The Hall–Kier alpha value is -4.08. The monoisotopic (exact) mass is 471 g/mol. The van der Waals surface area contributed by atoms with Gasteiger partial charge in [-0.2, -0.15) is 0 Å². The molecule has 2 amide bonds. The first-order valence-electron chi connectivity index (χ1n) is 11.4. The van der Waals surface area contributed by atoms with Crippen molar-refractivity contribution in [1.29, 1.82) is 0 Å². The predicted molar refractivity (Wildman–Crippen MR) is 132 cm³/mol. The average Bonchev–Trinajstić information content (AvgIpc) is 3.01. The molecule has 178 valence electrons. The van der Waals surface area contributed by atoms with Crippen LogP contribution in [0.4, 0.5) is 5.69 Å². The van der Waals surface area contributed by atoms with Gasteiger partial charge in [-0.3, -0.25) is 19.3 Å². The molecule has 0 bridgehead atoms. The number of ether oxygens (including phenoxy) is 1. The molecule has 2 aliphatic heterocycles. The van der Waals surface area contributed by atoms with Crippen molar-refractivity contribution in [1.82, 2.24) is 15.2 Å². The van der Waals surface area contributed by atoms with Crippen LogP contribution in [0.1, 0.15) is 27.0 Å². The Kier molecular flexibility index (Phi) is 6.51. The van der Waals surface area contributed by atoms with E-state index in [9.17, 15) is 14.4 Å². The Labute approximate surface area is 201 Å². The van der Waals surface area contributed by atoms with E-state index in [1.165, 1.54) is 6.20 Å². The van der Waals surface area contributed by atoms with Crippen molar-refractivity contribution < 1.29 is 14.3 Å². The number of rotatable bonds is 5. The molecule has 1 atom stereocenters. The molecule has 0 aliphatic carbocycles. The lowest BCUT2D eigenvalue weighted by Gasteiger charge is -2.27. The lowest BCUT2D eigenvalue weighted by atomic mass is 10.0. The summed E-state index contributed by atoms with van der Waals surface area (Å²) >= 11 is 0. The van der Waals surface area contributed by atoms with E-state index in [2.05, 4.69) is 25.5 Å². The number of amides is 2. The summed E-state index contributed by atoms with van der Waals surface area (Å²) in [4.78, 5) is 48.4. The summed E-state index contributed by atoms with van der Waals surface area (Å²) in [6, 6.07) is 17.8. The molecule has 3 heterocycles. The fraction of sp³-hybridized carbons (Fsp3) is 0.231. The topological polar surface area (TPSA) is 116 Å². The van der Waals surface area contributed by atoms with Crippen molar-refractivity contribution in [3.05, 3.63) is 99.5 Å². The third kappa shape index (κ3) is 4.91. The molecule has 2 aromatic carbocycles. The normalized spacial score (nSPS) is 18.1. The number of nitrogens with zero attached hydrogens (tertiary/aromatic N) is 2. The highest BCUT2D eigenvalue weighted by atomic mass is 16.5. The molecule has 1 aromatic heterocycles. The summed E-state index contributed by atoms with van der Waals surface area (Å²) in [5.41, 5.74) is 2.74. The number of aromatic amines is 1. The van der Waals surface area contributed by atoms with Gasteiger partial charge in [0.1, 0.15) is 0 Å². The molecule has 3 aromatic rings. The summed E-state index contributed by atoms with van der Waals surface area (Å²) in [6.07, 6.45) is 0.309. The van der Waals surface area contributed by atoms with Crippen LogP contribution >= 0.6 is 0 Å². The number of para-hydroxylation sites is 1. The van der Waals surface area contributed by atoms with E-state index >= 15 is 0 Å². The number of aliphatic imine (C=N–C) groups is 1. The van der Waals surface area contributed by atoms with E-state index in [4.69, 9.17) is 4.74 Å².